The van der Waals surface area contributed by atoms with Crippen LogP contribution in [-0.4, -0.2) is 4.98 Å². The van der Waals surface area contributed by atoms with Crippen molar-refractivity contribution in [2.45, 2.75) is 6.92 Å². The van der Waals surface area contributed by atoms with E-state index in [1.54, 1.807) is 6.20 Å². The van der Waals surface area contributed by atoms with Gasteiger partial charge in [0.2, 0.25) is 5.89 Å². The van der Waals surface area contributed by atoms with Crippen LogP contribution in [-0.2, 0) is 0 Å². The first-order valence-electron chi connectivity index (χ1n) is 4.04. The molecule has 0 aliphatic carbocycles. The molecule has 14 heavy (non-hydrogen) atoms. The van der Waals surface area contributed by atoms with E-state index >= 15 is 0 Å². The van der Waals surface area contributed by atoms with Gasteiger partial charge < -0.3 is 4.42 Å². The fourth-order valence-electron chi connectivity index (χ4n) is 1.12. The maximum Gasteiger partial charge on any atom is 0.226 e. The molecule has 1 aromatic carbocycles. The molecule has 0 atom stereocenters. The Morgan fingerprint density at radius 2 is 2.00 bits per heavy atom. The Labute approximate surface area is 98.6 Å². The molecule has 0 fully saturated rings. The minimum atomic E-state index is 0.649. The van der Waals surface area contributed by atoms with Crippen LogP contribution in [0.25, 0.3) is 11.5 Å². The van der Waals surface area contributed by atoms with Gasteiger partial charge in [-0.1, -0.05) is 0 Å². The molecule has 0 saturated heterocycles. The highest BCUT2D eigenvalue weighted by Crippen LogP contribution is 2.28. The van der Waals surface area contributed by atoms with Gasteiger partial charge >= 0.3 is 0 Å². The Morgan fingerprint density at radius 3 is 2.57 bits per heavy atom. The van der Waals surface area contributed by atoms with Gasteiger partial charge in [0.25, 0.3) is 0 Å². The topological polar surface area (TPSA) is 26.0 Å². The summed E-state index contributed by atoms with van der Waals surface area (Å²) in [6, 6.07) is 5.88. The van der Waals surface area contributed by atoms with Crippen molar-refractivity contribution >= 4 is 31.9 Å². The predicted octanol–water partition coefficient (Wildman–Crippen LogP) is 4.18. The highest BCUT2D eigenvalue weighted by atomic mass is 79.9. The fourth-order valence-corrected chi connectivity index (χ4v) is 1.74. The third-order valence-electron chi connectivity index (χ3n) is 1.79. The molecule has 1 heterocycles. The molecule has 0 amide bonds. The number of aromatic nitrogens is 1. The number of halogens is 2. The molecule has 0 spiro atoms. The lowest BCUT2D eigenvalue weighted by atomic mass is 10.2. The molecule has 0 radical (unpaired) electrons. The molecule has 2 aromatic rings. The third-order valence-corrected chi connectivity index (χ3v) is 3.67. The van der Waals surface area contributed by atoms with E-state index in [0.717, 1.165) is 20.3 Å². The van der Waals surface area contributed by atoms with E-state index in [-0.39, 0.29) is 0 Å². The molecule has 0 aliphatic heterocycles. The van der Waals surface area contributed by atoms with Crippen molar-refractivity contribution in [1.29, 1.82) is 0 Å². The van der Waals surface area contributed by atoms with E-state index in [0.29, 0.717) is 5.89 Å². The van der Waals surface area contributed by atoms with E-state index in [2.05, 4.69) is 36.8 Å². The summed E-state index contributed by atoms with van der Waals surface area (Å²) in [5.74, 6) is 1.47. The van der Waals surface area contributed by atoms with Crippen LogP contribution in [0.2, 0.25) is 0 Å². The second-order valence-corrected chi connectivity index (χ2v) is 4.61. The van der Waals surface area contributed by atoms with Gasteiger partial charge in [-0.25, -0.2) is 4.98 Å². The van der Waals surface area contributed by atoms with Gasteiger partial charge in [-0.3, -0.25) is 0 Å². The average molecular weight is 317 g/mol. The molecule has 0 aliphatic rings. The van der Waals surface area contributed by atoms with Crippen LogP contribution < -0.4 is 0 Å². The highest BCUT2D eigenvalue weighted by Gasteiger charge is 2.05. The first kappa shape index (κ1) is 9.93. The zero-order valence-corrected chi connectivity index (χ0v) is 10.6. The van der Waals surface area contributed by atoms with Crippen molar-refractivity contribution in [2.75, 3.05) is 0 Å². The van der Waals surface area contributed by atoms with Gasteiger partial charge in [-0.05, 0) is 57.0 Å². The fraction of sp³-hybridized carbons (Fsp3) is 0.100. The molecule has 0 saturated carbocycles. The second-order valence-electron chi connectivity index (χ2n) is 2.90. The number of hydrogen-bond acceptors (Lipinski definition) is 2. The Kier molecular flexibility index (Phi) is 2.74. The Morgan fingerprint density at radius 1 is 1.21 bits per heavy atom. The maximum atomic E-state index is 5.42. The predicted molar refractivity (Wildman–Crippen MR) is 62.1 cm³/mol. The number of rotatable bonds is 1. The van der Waals surface area contributed by atoms with Gasteiger partial charge in [-0.2, -0.15) is 0 Å². The van der Waals surface area contributed by atoms with E-state index in [4.69, 9.17) is 4.42 Å². The van der Waals surface area contributed by atoms with E-state index in [1.165, 1.54) is 0 Å². The number of nitrogens with zero attached hydrogens (tertiary/aromatic N) is 1. The zero-order valence-electron chi connectivity index (χ0n) is 7.42. The molecular weight excluding hydrogens is 310 g/mol. The highest BCUT2D eigenvalue weighted by molar-refractivity contribution is 9.13. The Balaban J connectivity index is 2.47. The molecule has 4 heteroatoms. The summed E-state index contributed by atoms with van der Waals surface area (Å²) in [6.45, 7) is 1.88. The summed E-state index contributed by atoms with van der Waals surface area (Å²) in [5.41, 5.74) is 0.966. The molecule has 2 nitrogen and oxygen atoms in total. The van der Waals surface area contributed by atoms with Crippen molar-refractivity contribution in [1.82, 2.24) is 4.98 Å². The summed E-state index contributed by atoms with van der Waals surface area (Å²) < 4.78 is 7.43. The van der Waals surface area contributed by atoms with E-state index in [9.17, 15) is 0 Å². The molecule has 0 unspecified atom stereocenters. The van der Waals surface area contributed by atoms with Crippen LogP contribution in [0.4, 0.5) is 0 Å². The normalized spacial score (nSPS) is 10.5. The van der Waals surface area contributed by atoms with Crippen LogP contribution in [0.1, 0.15) is 5.76 Å². The zero-order chi connectivity index (χ0) is 10.1. The second kappa shape index (κ2) is 3.87. The molecule has 0 bridgehead atoms. The first-order valence-corrected chi connectivity index (χ1v) is 5.63. The van der Waals surface area contributed by atoms with Crippen molar-refractivity contribution in [3.05, 3.63) is 39.1 Å². The van der Waals surface area contributed by atoms with E-state index < -0.39 is 0 Å². The summed E-state index contributed by atoms with van der Waals surface area (Å²) >= 11 is 6.84. The smallest absolute Gasteiger partial charge is 0.226 e. The SMILES string of the molecule is Cc1cnc(-c2ccc(Br)c(Br)c2)o1. The van der Waals surface area contributed by atoms with Gasteiger partial charge in [0.15, 0.2) is 0 Å². The minimum Gasteiger partial charge on any atom is -0.441 e. The monoisotopic (exact) mass is 315 g/mol. The summed E-state index contributed by atoms with van der Waals surface area (Å²) in [5, 5.41) is 0. The lowest BCUT2D eigenvalue weighted by molar-refractivity contribution is 0.542. The lowest BCUT2D eigenvalue weighted by Crippen LogP contribution is -1.77. The van der Waals surface area contributed by atoms with Gasteiger partial charge in [-0.15, -0.1) is 0 Å². The molecule has 72 valence electrons. The van der Waals surface area contributed by atoms with Gasteiger partial charge in [0, 0.05) is 14.5 Å². The van der Waals surface area contributed by atoms with Crippen molar-refractivity contribution in [3.8, 4) is 11.5 Å². The molecule has 1 aromatic heterocycles. The number of oxazole rings is 1. The van der Waals surface area contributed by atoms with Crippen molar-refractivity contribution < 1.29 is 4.42 Å². The van der Waals surface area contributed by atoms with E-state index in [1.807, 2.05) is 25.1 Å². The molecule has 2 rings (SSSR count). The summed E-state index contributed by atoms with van der Waals surface area (Å²) in [6.07, 6.45) is 1.71. The quantitative estimate of drug-likeness (QED) is 0.789. The lowest BCUT2D eigenvalue weighted by Gasteiger charge is -1.98. The summed E-state index contributed by atoms with van der Waals surface area (Å²) in [4.78, 5) is 4.15. The molecule has 0 N–H and O–H groups in total. The number of aryl methyl sites for hydroxylation is 1. The minimum absolute atomic E-state index is 0.649. The standard InChI is InChI=1S/C10H7Br2NO/c1-6-5-13-10(14-6)7-2-3-8(11)9(12)4-7/h2-5H,1H3. The average Bonchev–Trinajstić information content (AvgIpc) is 2.57. The number of hydrogen-bond donors (Lipinski definition) is 0. The van der Waals surface area contributed by atoms with Crippen LogP contribution in [0, 0.1) is 6.92 Å². The third kappa shape index (κ3) is 1.91. The van der Waals surface area contributed by atoms with Gasteiger partial charge in [0.05, 0.1) is 6.20 Å². The Bertz CT molecular complexity index is 465. The van der Waals surface area contributed by atoms with Crippen LogP contribution in [0.3, 0.4) is 0 Å². The summed E-state index contributed by atoms with van der Waals surface area (Å²) in [7, 11) is 0. The van der Waals surface area contributed by atoms with Crippen LogP contribution >= 0.6 is 31.9 Å². The number of benzene rings is 1. The molecular formula is C10H7Br2NO. The Hall–Kier alpha value is -0.610. The van der Waals surface area contributed by atoms with Gasteiger partial charge in [0.1, 0.15) is 5.76 Å². The first-order chi connectivity index (χ1) is 6.66. The van der Waals surface area contributed by atoms with Crippen LogP contribution in [0.5, 0.6) is 0 Å². The maximum absolute atomic E-state index is 5.42. The van der Waals surface area contributed by atoms with Crippen molar-refractivity contribution in [2.24, 2.45) is 0 Å². The van der Waals surface area contributed by atoms with Crippen molar-refractivity contribution in [3.63, 3.8) is 0 Å². The largest absolute Gasteiger partial charge is 0.441 e. The van der Waals surface area contributed by atoms with Crippen LogP contribution in [0.15, 0.2) is 37.8 Å².